The minimum absolute atomic E-state index is 0.0498. The lowest BCUT2D eigenvalue weighted by Gasteiger charge is -2.31. The molecule has 0 radical (unpaired) electrons. The maximum Gasteiger partial charge on any atom is 0.252 e. The van der Waals surface area contributed by atoms with Crippen LogP contribution in [0.4, 0.5) is 0 Å². The summed E-state index contributed by atoms with van der Waals surface area (Å²) < 4.78 is 24.0. The van der Waals surface area contributed by atoms with Gasteiger partial charge in [0.2, 0.25) is 5.90 Å². The van der Waals surface area contributed by atoms with E-state index in [4.69, 9.17) is 52.2 Å². The van der Waals surface area contributed by atoms with Gasteiger partial charge in [-0.2, -0.15) is 0 Å². The van der Waals surface area contributed by atoms with Gasteiger partial charge in [-0.05, 0) is 78.2 Å². The van der Waals surface area contributed by atoms with E-state index in [1.165, 1.54) is 0 Å². The van der Waals surface area contributed by atoms with Crippen LogP contribution < -0.4 is 19.5 Å². The van der Waals surface area contributed by atoms with E-state index in [0.717, 1.165) is 15.6 Å². The molecule has 2 N–H and O–H groups in total. The highest BCUT2D eigenvalue weighted by atomic mass is 79.9. The first-order valence-corrected chi connectivity index (χ1v) is 16.6. The Morgan fingerprint density at radius 3 is 2.36 bits per heavy atom. The summed E-state index contributed by atoms with van der Waals surface area (Å²) in [5.41, 5.74) is 1.69. The van der Waals surface area contributed by atoms with Crippen LogP contribution in [0.25, 0.3) is 0 Å². The number of hydrogen-bond donors (Lipinski definition) is 2. The van der Waals surface area contributed by atoms with E-state index >= 15 is 0 Å². The van der Waals surface area contributed by atoms with Crippen LogP contribution >= 0.6 is 39.1 Å². The summed E-state index contributed by atoms with van der Waals surface area (Å²) in [6.45, 7) is 0.778. The number of rotatable bonds is 14. The Morgan fingerprint density at radius 2 is 1.68 bits per heavy atom. The fourth-order valence-corrected chi connectivity index (χ4v) is 6.17. The molecule has 47 heavy (non-hydrogen) atoms. The largest absolute Gasteiger partial charge is 0.494 e. The average Bonchev–Trinajstić information content (AvgIpc) is 3.46. The highest BCUT2D eigenvalue weighted by molar-refractivity contribution is 9.10. The van der Waals surface area contributed by atoms with E-state index in [2.05, 4.69) is 21.2 Å². The molecular formula is C36H35BrCl2N2O6. The molecule has 246 valence electrons. The van der Waals surface area contributed by atoms with Gasteiger partial charge < -0.3 is 29.4 Å². The van der Waals surface area contributed by atoms with Gasteiger partial charge in [-0.25, -0.2) is 4.99 Å². The van der Waals surface area contributed by atoms with Crippen molar-refractivity contribution in [2.24, 2.45) is 4.99 Å². The number of ether oxygens (including phenoxy) is 4. The molecule has 11 heteroatoms. The molecule has 0 fully saturated rings. The molecule has 0 bridgehead atoms. The number of carbonyl (C=O) groups excluding carboxylic acids is 1. The summed E-state index contributed by atoms with van der Waals surface area (Å²) in [6.07, 6.45) is 0.438. The van der Waals surface area contributed by atoms with E-state index in [1.54, 1.807) is 44.6 Å². The van der Waals surface area contributed by atoms with Crippen molar-refractivity contribution in [1.82, 2.24) is 5.32 Å². The quantitative estimate of drug-likeness (QED) is 0.131. The van der Waals surface area contributed by atoms with Gasteiger partial charge in [-0.1, -0.05) is 63.4 Å². The smallest absolute Gasteiger partial charge is 0.252 e. The lowest BCUT2D eigenvalue weighted by molar-refractivity contribution is -0.128. The molecule has 5 rings (SSSR count). The number of methoxy groups -OCH3 is 2. The van der Waals surface area contributed by atoms with Crippen LogP contribution in [0.1, 0.15) is 34.8 Å². The Morgan fingerprint density at radius 1 is 0.957 bits per heavy atom. The summed E-state index contributed by atoms with van der Waals surface area (Å²) in [5, 5.41) is 13.0. The summed E-state index contributed by atoms with van der Waals surface area (Å²) in [4.78, 5) is 19.6. The molecule has 4 aromatic rings. The molecule has 2 atom stereocenters. The van der Waals surface area contributed by atoms with E-state index in [0.29, 0.717) is 70.3 Å². The van der Waals surface area contributed by atoms with Gasteiger partial charge in [-0.15, -0.1) is 0 Å². The van der Waals surface area contributed by atoms with Gasteiger partial charge >= 0.3 is 0 Å². The Bertz CT molecular complexity index is 1720. The SMILES string of the molecule is COc1ccc(CCNC(=O)[C@]2(Cc3ccc(Br)cc3)N=C(c3ccc(OCCCO)cc3)O[C@@H]2c2ccc(Cl)cc2Cl)cc1OC. The van der Waals surface area contributed by atoms with Crippen molar-refractivity contribution in [2.45, 2.75) is 30.9 Å². The summed E-state index contributed by atoms with van der Waals surface area (Å²) in [6, 6.07) is 25.9. The highest BCUT2D eigenvalue weighted by Gasteiger charge is 2.53. The van der Waals surface area contributed by atoms with E-state index in [-0.39, 0.29) is 18.9 Å². The first kappa shape index (κ1) is 34.6. The zero-order valence-electron chi connectivity index (χ0n) is 26.0. The third-order valence-electron chi connectivity index (χ3n) is 7.81. The van der Waals surface area contributed by atoms with Gasteiger partial charge in [0, 0.05) is 51.6 Å². The molecular weight excluding hydrogens is 707 g/mol. The van der Waals surface area contributed by atoms with Gasteiger partial charge in [0.1, 0.15) is 5.75 Å². The van der Waals surface area contributed by atoms with E-state index in [1.807, 2.05) is 54.6 Å². The normalized spacial score (nSPS) is 17.1. The lowest BCUT2D eigenvalue weighted by Crippen LogP contribution is -2.50. The minimum Gasteiger partial charge on any atom is -0.494 e. The van der Waals surface area contributed by atoms with Crippen molar-refractivity contribution >= 4 is 50.9 Å². The van der Waals surface area contributed by atoms with Crippen LogP contribution in [0, 0.1) is 0 Å². The Balaban J connectivity index is 1.52. The molecule has 0 saturated carbocycles. The second-order valence-corrected chi connectivity index (χ2v) is 12.7. The summed E-state index contributed by atoms with van der Waals surface area (Å²) in [5.74, 6) is 1.88. The maximum atomic E-state index is 14.5. The van der Waals surface area contributed by atoms with Crippen molar-refractivity contribution in [3.8, 4) is 17.2 Å². The predicted molar refractivity (Wildman–Crippen MR) is 187 cm³/mol. The van der Waals surface area contributed by atoms with Crippen LogP contribution in [0.3, 0.4) is 0 Å². The number of halogens is 3. The topological polar surface area (TPSA) is 98.6 Å². The van der Waals surface area contributed by atoms with Crippen LogP contribution in [0.2, 0.25) is 10.0 Å². The molecule has 1 heterocycles. The molecule has 0 aromatic heterocycles. The number of nitrogens with zero attached hydrogens (tertiary/aromatic N) is 1. The van der Waals surface area contributed by atoms with Crippen LogP contribution in [0.15, 0.2) is 94.4 Å². The fraction of sp³-hybridized carbons (Fsp3) is 0.278. The Kier molecular flexibility index (Phi) is 11.7. The molecule has 4 aromatic carbocycles. The van der Waals surface area contributed by atoms with Gasteiger partial charge in [0.25, 0.3) is 5.91 Å². The van der Waals surface area contributed by atoms with Crippen molar-refractivity contribution in [1.29, 1.82) is 0 Å². The number of aliphatic hydroxyl groups excluding tert-OH is 1. The number of carbonyl (C=O) groups is 1. The van der Waals surface area contributed by atoms with E-state index < -0.39 is 11.6 Å². The number of amides is 1. The zero-order chi connectivity index (χ0) is 33.4. The Labute approximate surface area is 292 Å². The molecule has 1 aliphatic heterocycles. The van der Waals surface area contributed by atoms with Crippen molar-refractivity contribution < 1.29 is 28.8 Å². The molecule has 8 nitrogen and oxygen atoms in total. The first-order chi connectivity index (χ1) is 22.8. The number of hydrogen-bond acceptors (Lipinski definition) is 7. The second-order valence-electron chi connectivity index (χ2n) is 11.0. The molecule has 0 spiro atoms. The fourth-order valence-electron chi connectivity index (χ4n) is 5.40. The molecule has 0 aliphatic carbocycles. The third-order valence-corrected chi connectivity index (χ3v) is 8.90. The summed E-state index contributed by atoms with van der Waals surface area (Å²) >= 11 is 16.5. The molecule has 1 amide bonds. The molecule has 0 saturated heterocycles. The van der Waals surface area contributed by atoms with Gasteiger partial charge in [0.15, 0.2) is 23.1 Å². The zero-order valence-corrected chi connectivity index (χ0v) is 29.1. The average molecular weight is 742 g/mol. The Hall–Kier alpha value is -3.76. The highest BCUT2D eigenvalue weighted by Crippen LogP contribution is 2.45. The van der Waals surface area contributed by atoms with Crippen molar-refractivity contribution in [3.63, 3.8) is 0 Å². The summed E-state index contributed by atoms with van der Waals surface area (Å²) in [7, 11) is 3.18. The minimum atomic E-state index is -1.42. The molecule has 1 aliphatic rings. The number of nitrogens with one attached hydrogen (secondary N) is 1. The van der Waals surface area contributed by atoms with Crippen LogP contribution in [-0.2, 0) is 22.4 Å². The van der Waals surface area contributed by atoms with Crippen LogP contribution in [-0.4, -0.2) is 56.4 Å². The van der Waals surface area contributed by atoms with Crippen molar-refractivity contribution in [2.75, 3.05) is 34.0 Å². The first-order valence-electron chi connectivity index (χ1n) is 15.1. The standard InChI is InChI=1S/C36H35BrCl2N2O6/c1-44-31-15-6-23(20-32(31)45-2)16-17-40-35(43)36(22-24-4-9-26(37)10-5-24)33(29-14-11-27(38)21-30(29)39)47-34(41-36)25-7-12-28(13-8-25)46-19-3-18-42/h4-15,20-21,33,42H,3,16-19,22H2,1-2H3,(H,40,43)/t33-,36-/m1/s1. The van der Waals surface area contributed by atoms with Crippen LogP contribution in [0.5, 0.6) is 17.2 Å². The van der Waals surface area contributed by atoms with E-state index in [9.17, 15) is 4.79 Å². The maximum absolute atomic E-state index is 14.5. The second kappa shape index (κ2) is 15.9. The molecule has 0 unspecified atom stereocenters. The number of benzene rings is 4. The van der Waals surface area contributed by atoms with Crippen molar-refractivity contribution in [3.05, 3.63) is 122 Å². The number of aliphatic imine (C=N–C) groups is 1. The monoisotopic (exact) mass is 740 g/mol. The number of aliphatic hydroxyl groups is 1. The predicted octanol–water partition coefficient (Wildman–Crippen LogP) is 7.39. The lowest BCUT2D eigenvalue weighted by atomic mass is 9.82. The van der Waals surface area contributed by atoms with Gasteiger partial charge in [0.05, 0.1) is 20.8 Å². The van der Waals surface area contributed by atoms with Gasteiger partial charge in [-0.3, -0.25) is 4.79 Å². The third kappa shape index (κ3) is 8.22.